The lowest BCUT2D eigenvalue weighted by Gasteiger charge is -2.34. The molecule has 2 atom stereocenters. The Labute approximate surface area is 211 Å². The van der Waals surface area contributed by atoms with Crippen LogP contribution >= 0.6 is 34.5 Å². The second kappa shape index (κ2) is 9.82. The molecule has 178 valence electrons. The molecule has 0 aliphatic carbocycles. The molecule has 0 saturated carbocycles. The summed E-state index contributed by atoms with van der Waals surface area (Å²) in [7, 11) is -3.71. The van der Waals surface area contributed by atoms with Gasteiger partial charge in [-0.05, 0) is 50.2 Å². The summed E-state index contributed by atoms with van der Waals surface area (Å²) in [5.41, 5.74) is 0.857. The first kappa shape index (κ1) is 24.9. The van der Waals surface area contributed by atoms with Crippen molar-refractivity contribution in [3.05, 3.63) is 56.8 Å². The second-order valence-corrected chi connectivity index (χ2v) is 11.6. The van der Waals surface area contributed by atoms with Crippen LogP contribution in [0.3, 0.4) is 0 Å². The van der Waals surface area contributed by atoms with Crippen molar-refractivity contribution >= 4 is 60.7 Å². The van der Waals surface area contributed by atoms with Crippen molar-refractivity contribution in [1.29, 1.82) is 0 Å². The average molecular weight is 538 g/mol. The van der Waals surface area contributed by atoms with Crippen LogP contribution < -0.4 is 4.80 Å². The molecule has 0 spiro atoms. The summed E-state index contributed by atoms with van der Waals surface area (Å²) < 4.78 is 35.6. The summed E-state index contributed by atoms with van der Waals surface area (Å²) in [6.07, 6.45) is 5.11. The van der Waals surface area contributed by atoms with Crippen molar-refractivity contribution in [2.45, 2.75) is 37.5 Å². The lowest BCUT2D eigenvalue weighted by molar-refractivity contribution is -0.0440. The number of nitrogens with zero attached hydrogens (tertiary/aromatic N) is 3. The van der Waals surface area contributed by atoms with Gasteiger partial charge in [-0.25, -0.2) is 8.42 Å². The van der Waals surface area contributed by atoms with E-state index in [2.05, 4.69) is 10.9 Å². The Bertz CT molecular complexity index is 1460. The molecule has 0 radical (unpaired) electrons. The zero-order valence-corrected chi connectivity index (χ0v) is 21.5. The molecule has 1 saturated heterocycles. The van der Waals surface area contributed by atoms with Crippen molar-refractivity contribution in [3.8, 4) is 12.3 Å². The predicted octanol–water partition coefficient (Wildman–Crippen LogP) is 4.18. The summed E-state index contributed by atoms with van der Waals surface area (Å²) >= 11 is 13.8. The molecule has 11 heteroatoms. The van der Waals surface area contributed by atoms with Crippen LogP contribution in [0.5, 0.6) is 0 Å². The van der Waals surface area contributed by atoms with Crippen LogP contribution in [-0.4, -0.2) is 48.5 Å². The van der Waals surface area contributed by atoms with Gasteiger partial charge in [-0.1, -0.05) is 40.5 Å². The van der Waals surface area contributed by atoms with Crippen molar-refractivity contribution in [3.63, 3.8) is 0 Å². The molecule has 1 aliphatic heterocycles. The van der Waals surface area contributed by atoms with Gasteiger partial charge in [-0.15, -0.1) is 6.42 Å². The molecule has 0 N–H and O–H groups in total. The quantitative estimate of drug-likeness (QED) is 0.467. The van der Waals surface area contributed by atoms with Gasteiger partial charge in [0, 0.05) is 18.7 Å². The first-order valence-corrected chi connectivity index (χ1v) is 13.4. The van der Waals surface area contributed by atoms with Crippen LogP contribution in [0.25, 0.3) is 10.2 Å². The minimum atomic E-state index is -3.71. The van der Waals surface area contributed by atoms with Gasteiger partial charge in [0.15, 0.2) is 4.80 Å². The van der Waals surface area contributed by atoms with Crippen LogP contribution in [0, 0.1) is 12.3 Å². The van der Waals surface area contributed by atoms with Crippen LogP contribution in [0.2, 0.25) is 10.0 Å². The Hall–Kier alpha value is -2.19. The number of sulfonamides is 1. The zero-order valence-electron chi connectivity index (χ0n) is 18.4. The number of thiazole rings is 1. The zero-order chi connectivity index (χ0) is 24.6. The maximum atomic E-state index is 13.0. The number of benzene rings is 2. The normalized spacial score (nSPS) is 19.9. The molecule has 0 bridgehead atoms. The first-order valence-electron chi connectivity index (χ1n) is 10.4. The number of terminal acetylenes is 1. The van der Waals surface area contributed by atoms with E-state index in [-0.39, 0.29) is 42.3 Å². The number of carbonyl (C=O) groups is 1. The SMILES string of the molecule is C#CCn1c(=NC(=O)c2ccc(S(=O)(=O)N3CC(C)OC(C)C3)cc2)sc2ccc(Cl)c(Cl)c21. The van der Waals surface area contributed by atoms with E-state index in [4.69, 9.17) is 34.4 Å². The smallest absolute Gasteiger partial charge is 0.279 e. The van der Waals surface area contributed by atoms with Gasteiger partial charge in [0.25, 0.3) is 5.91 Å². The Morgan fingerprint density at radius 3 is 2.44 bits per heavy atom. The lowest BCUT2D eigenvalue weighted by atomic mass is 10.2. The maximum Gasteiger partial charge on any atom is 0.279 e. The number of hydrogen-bond donors (Lipinski definition) is 0. The largest absolute Gasteiger partial charge is 0.373 e. The lowest BCUT2D eigenvalue weighted by Crippen LogP contribution is -2.48. The van der Waals surface area contributed by atoms with Crippen LogP contribution in [-0.2, 0) is 21.3 Å². The third-order valence-electron chi connectivity index (χ3n) is 5.31. The minimum absolute atomic E-state index is 0.107. The molecule has 1 fully saturated rings. The van der Waals surface area contributed by atoms with E-state index < -0.39 is 15.9 Å². The van der Waals surface area contributed by atoms with Crippen LogP contribution in [0.15, 0.2) is 46.3 Å². The Morgan fingerprint density at radius 2 is 1.82 bits per heavy atom. The number of aromatic nitrogens is 1. The Morgan fingerprint density at radius 1 is 1.18 bits per heavy atom. The number of carbonyl (C=O) groups excluding carboxylic acids is 1. The van der Waals surface area contributed by atoms with E-state index in [9.17, 15) is 13.2 Å². The number of ether oxygens (including phenoxy) is 1. The topological polar surface area (TPSA) is 81.0 Å². The van der Waals surface area contributed by atoms with E-state index in [0.29, 0.717) is 20.4 Å². The number of halogens is 2. The number of hydrogen-bond acceptors (Lipinski definition) is 5. The van der Waals surface area contributed by atoms with Gasteiger partial charge in [0.05, 0.1) is 43.9 Å². The molecule has 1 aliphatic rings. The molecule has 3 aromatic rings. The van der Waals surface area contributed by atoms with Crippen LogP contribution in [0.1, 0.15) is 24.2 Å². The standard InChI is InChI=1S/C23H21Cl2N3O4S2/c1-4-11-28-21-19(10-9-18(24)20(21)25)33-23(28)26-22(29)16-5-7-17(8-6-16)34(30,31)27-12-14(2)32-15(3)13-27/h1,5-10,14-15H,11-13H2,2-3H3. The van der Waals surface area contributed by atoms with Crippen LogP contribution in [0.4, 0.5) is 0 Å². The van der Waals surface area contributed by atoms with Gasteiger partial charge >= 0.3 is 0 Å². The first-order chi connectivity index (χ1) is 16.1. The molecule has 2 aromatic carbocycles. The van der Waals surface area contributed by atoms with Gasteiger partial charge in [0.2, 0.25) is 10.0 Å². The molecule has 1 aromatic heterocycles. The highest BCUT2D eigenvalue weighted by Crippen LogP contribution is 2.32. The summed E-state index contributed by atoms with van der Waals surface area (Å²) in [5, 5.41) is 0.706. The highest BCUT2D eigenvalue weighted by molar-refractivity contribution is 7.89. The molecule has 34 heavy (non-hydrogen) atoms. The Balaban J connectivity index is 1.66. The summed E-state index contributed by atoms with van der Waals surface area (Å²) in [6, 6.07) is 9.20. The monoisotopic (exact) mass is 537 g/mol. The van der Waals surface area contributed by atoms with Crippen molar-refractivity contribution in [2.24, 2.45) is 4.99 Å². The maximum absolute atomic E-state index is 13.0. The molecule has 2 heterocycles. The fourth-order valence-corrected chi connectivity index (χ4v) is 6.93. The third-order valence-corrected chi connectivity index (χ3v) is 8.99. The molecule has 7 nitrogen and oxygen atoms in total. The van der Waals surface area contributed by atoms with E-state index >= 15 is 0 Å². The van der Waals surface area contributed by atoms with E-state index in [1.54, 1.807) is 16.7 Å². The van der Waals surface area contributed by atoms with Gasteiger partial charge in [-0.2, -0.15) is 9.30 Å². The fourth-order valence-electron chi connectivity index (χ4n) is 3.82. The molecule has 4 rings (SSSR count). The van der Waals surface area contributed by atoms with E-state index in [0.717, 1.165) is 4.70 Å². The number of amides is 1. The van der Waals surface area contributed by atoms with E-state index in [1.165, 1.54) is 39.9 Å². The van der Waals surface area contributed by atoms with Gasteiger partial charge in [-0.3, -0.25) is 4.79 Å². The van der Waals surface area contributed by atoms with Gasteiger partial charge in [0.1, 0.15) is 0 Å². The highest BCUT2D eigenvalue weighted by atomic mass is 35.5. The van der Waals surface area contributed by atoms with E-state index in [1.807, 2.05) is 13.8 Å². The predicted molar refractivity (Wildman–Crippen MR) is 134 cm³/mol. The molecule has 1 amide bonds. The Kier molecular flexibility index (Phi) is 7.20. The van der Waals surface area contributed by atoms with Gasteiger partial charge < -0.3 is 9.30 Å². The van der Waals surface area contributed by atoms with Crippen molar-refractivity contribution < 1.29 is 17.9 Å². The summed E-state index contributed by atoms with van der Waals surface area (Å²) in [6.45, 7) is 4.37. The number of fused-ring (bicyclic) bond motifs is 1. The fraction of sp³-hybridized carbons (Fsp3) is 0.304. The van der Waals surface area contributed by atoms with Crippen molar-refractivity contribution in [2.75, 3.05) is 13.1 Å². The summed E-state index contributed by atoms with van der Waals surface area (Å²) in [4.78, 5) is 17.6. The summed E-state index contributed by atoms with van der Waals surface area (Å²) in [5.74, 6) is 2.01. The number of morpholine rings is 1. The minimum Gasteiger partial charge on any atom is -0.373 e. The average Bonchev–Trinajstić information content (AvgIpc) is 3.13. The second-order valence-electron chi connectivity index (χ2n) is 7.90. The molecule has 2 unspecified atom stereocenters. The third kappa shape index (κ3) is 4.80. The molecular formula is C23H21Cl2N3O4S2. The van der Waals surface area contributed by atoms with Crippen molar-refractivity contribution in [1.82, 2.24) is 8.87 Å². The molecular weight excluding hydrogens is 517 g/mol. The number of rotatable bonds is 4. The highest BCUT2D eigenvalue weighted by Gasteiger charge is 2.32.